The van der Waals surface area contributed by atoms with Gasteiger partial charge in [0.2, 0.25) is 5.91 Å². The number of carbonyl (C=O) groups is 1. The van der Waals surface area contributed by atoms with E-state index in [4.69, 9.17) is 14.2 Å². The maximum atomic E-state index is 12.0. The molecule has 8 heteroatoms. The lowest BCUT2D eigenvalue weighted by atomic mass is 9.98. The van der Waals surface area contributed by atoms with Gasteiger partial charge < -0.3 is 19.5 Å². The van der Waals surface area contributed by atoms with Crippen LogP contribution in [0.3, 0.4) is 0 Å². The van der Waals surface area contributed by atoms with Crippen LogP contribution >= 0.6 is 0 Å². The van der Waals surface area contributed by atoms with Crippen molar-refractivity contribution in [3.8, 4) is 11.5 Å². The molecule has 0 aliphatic carbocycles. The summed E-state index contributed by atoms with van der Waals surface area (Å²) in [6.07, 6.45) is 1.08. The molecule has 1 aromatic heterocycles. The van der Waals surface area contributed by atoms with Crippen LogP contribution < -0.4 is 14.8 Å². The number of benzene rings is 2. The highest BCUT2D eigenvalue weighted by molar-refractivity contribution is 5.78. The van der Waals surface area contributed by atoms with E-state index in [9.17, 15) is 4.79 Å². The summed E-state index contributed by atoms with van der Waals surface area (Å²) in [5.41, 5.74) is 2.06. The Morgan fingerprint density at radius 2 is 1.87 bits per heavy atom. The molecule has 0 saturated carbocycles. The molecule has 2 N–H and O–H groups in total. The fourth-order valence-corrected chi connectivity index (χ4v) is 3.54. The van der Waals surface area contributed by atoms with Crippen molar-refractivity contribution in [1.82, 2.24) is 20.5 Å². The van der Waals surface area contributed by atoms with Crippen molar-refractivity contribution in [3.63, 3.8) is 0 Å². The zero-order chi connectivity index (χ0) is 20.9. The Labute approximate surface area is 174 Å². The summed E-state index contributed by atoms with van der Waals surface area (Å²) >= 11 is 0. The number of carbonyl (C=O) groups excluding carboxylic acids is 1. The summed E-state index contributed by atoms with van der Waals surface area (Å²) in [6.45, 7) is -0.0393. The lowest BCUT2D eigenvalue weighted by molar-refractivity contribution is -0.137. The number of hydrogen-bond acceptors (Lipinski definition) is 6. The summed E-state index contributed by atoms with van der Waals surface area (Å²) in [5.74, 6) is 2.29. The Bertz CT molecular complexity index is 1010. The second kappa shape index (κ2) is 8.96. The Balaban J connectivity index is 1.54. The van der Waals surface area contributed by atoms with E-state index in [1.54, 1.807) is 20.3 Å². The number of nitrogens with zero attached hydrogens (tertiary/aromatic N) is 2. The fraction of sp³-hybridized carbons (Fsp3) is 0.318. The number of rotatable bonds is 7. The second-order valence-electron chi connectivity index (χ2n) is 7.02. The smallest absolute Gasteiger partial charge is 0.246 e. The minimum Gasteiger partial charge on any atom is -0.493 e. The van der Waals surface area contributed by atoms with Gasteiger partial charge in [-0.1, -0.05) is 36.4 Å². The molecule has 1 amide bonds. The number of ether oxygens (including phenoxy) is 3. The molecule has 0 bridgehead atoms. The lowest BCUT2D eigenvalue weighted by Gasteiger charge is -2.31. The number of amides is 1. The van der Waals surface area contributed by atoms with Gasteiger partial charge in [-0.05, 0) is 29.7 Å². The summed E-state index contributed by atoms with van der Waals surface area (Å²) in [5, 5.41) is 10.3. The first-order chi connectivity index (χ1) is 14.7. The average Bonchev–Trinajstić information content (AvgIpc) is 3.26. The molecule has 0 unspecified atom stereocenters. The molecule has 156 valence electrons. The zero-order valence-electron chi connectivity index (χ0n) is 16.9. The molecule has 8 nitrogen and oxygen atoms in total. The van der Waals surface area contributed by atoms with Crippen LogP contribution in [-0.2, 0) is 22.4 Å². The molecule has 1 aliphatic rings. The van der Waals surface area contributed by atoms with Crippen LogP contribution in [0.5, 0.6) is 11.5 Å². The fourth-order valence-electron chi connectivity index (χ4n) is 3.54. The van der Waals surface area contributed by atoms with E-state index in [0.29, 0.717) is 17.3 Å². The number of morpholine rings is 1. The van der Waals surface area contributed by atoms with Crippen LogP contribution in [0.1, 0.15) is 34.9 Å². The van der Waals surface area contributed by atoms with E-state index in [1.807, 2.05) is 30.3 Å². The molecule has 3 aromatic rings. The molecule has 1 saturated heterocycles. The van der Waals surface area contributed by atoms with Crippen molar-refractivity contribution in [2.45, 2.75) is 25.0 Å². The van der Waals surface area contributed by atoms with Gasteiger partial charge in [0.1, 0.15) is 18.5 Å². The Morgan fingerprint density at radius 3 is 2.63 bits per heavy atom. The van der Waals surface area contributed by atoms with Gasteiger partial charge in [0.05, 0.1) is 20.3 Å². The molecule has 0 spiro atoms. The van der Waals surface area contributed by atoms with Crippen LogP contribution in [0.4, 0.5) is 0 Å². The first-order valence-electron chi connectivity index (χ1n) is 9.76. The number of aromatic amines is 1. The summed E-state index contributed by atoms with van der Waals surface area (Å²) in [6, 6.07) is 15.3. The number of nitrogens with one attached hydrogen (secondary N) is 2. The third-order valence-electron chi connectivity index (χ3n) is 5.08. The first-order valence-corrected chi connectivity index (χ1v) is 9.76. The van der Waals surface area contributed by atoms with E-state index >= 15 is 0 Å². The molecule has 1 fully saturated rings. The van der Waals surface area contributed by atoms with Crippen LogP contribution in [0.2, 0.25) is 0 Å². The molecule has 2 atom stereocenters. The normalized spacial score (nSPS) is 18.7. The number of aryl methyl sites for hydroxylation is 2. The van der Waals surface area contributed by atoms with Crippen LogP contribution in [-0.4, -0.2) is 41.9 Å². The maximum absolute atomic E-state index is 12.0. The van der Waals surface area contributed by atoms with Crippen LogP contribution in [0.15, 0.2) is 48.5 Å². The molecular formula is C22H24N4O4. The average molecular weight is 408 g/mol. The Kier molecular flexibility index (Phi) is 5.94. The predicted molar refractivity (Wildman–Crippen MR) is 109 cm³/mol. The largest absolute Gasteiger partial charge is 0.493 e. The van der Waals surface area contributed by atoms with Gasteiger partial charge in [0.15, 0.2) is 17.3 Å². The highest BCUT2D eigenvalue weighted by Gasteiger charge is 2.35. The first kappa shape index (κ1) is 19.9. The highest BCUT2D eigenvalue weighted by atomic mass is 16.5. The molecule has 1 aliphatic heterocycles. The molecular weight excluding hydrogens is 384 g/mol. The third-order valence-corrected chi connectivity index (χ3v) is 5.08. The third kappa shape index (κ3) is 4.28. The maximum Gasteiger partial charge on any atom is 0.246 e. The zero-order valence-corrected chi connectivity index (χ0v) is 16.9. The van der Waals surface area contributed by atoms with E-state index in [1.165, 1.54) is 5.56 Å². The van der Waals surface area contributed by atoms with Crippen molar-refractivity contribution >= 4 is 5.91 Å². The van der Waals surface area contributed by atoms with Gasteiger partial charge in [0.25, 0.3) is 0 Å². The van der Waals surface area contributed by atoms with Gasteiger partial charge >= 0.3 is 0 Å². The summed E-state index contributed by atoms with van der Waals surface area (Å²) in [7, 11) is 3.15. The van der Waals surface area contributed by atoms with Crippen LogP contribution in [0, 0.1) is 0 Å². The lowest BCUT2D eigenvalue weighted by Crippen LogP contribution is -2.42. The topological polar surface area (TPSA) is 98.4 Å². The van der Waals surface area contributed by atoms with Gasteiger partial charge in [-0.3, -0.25) is 9.89 Å². The molecule has 4 rings (SSSR count). The SMILES string of the molecule is COc1ccc([C@H]2NC(=O)CO[C@@H]2c2n[nH]c(CCc3ccccc3)n2)cc1OC. The number of H-pyrrole nitrogens is 1. The quantitative estimate of drug-likeness (QED) is 0.623. The number of methoxy groups -OCH3 is 2. The molecule has 2 aromatic carbocycles. The summed E-state index contributed by atoms with van der Waals surface area (Å²) < 4.78 is 16.5. The van der Waals surface area contributed by atoms with Crippen molar-refractivity contribution < 1.29 is 19.0 Å². The molecule has 30 heavy (non-hydrogen) atoms. The van der Waals surface area contributed by atoms with Crippen molar-refractivity contribution in [2.75, 3.05) is 20.8 Å². The minimum atomic E-state index is -0.512. The number of hydrogen-bond donors (Lipinski definition) is 2. The van der Waals surface area contributed by atoms with Gasteiger partial charge in [-0.25, -0.2) is 4.98 Å². The minimum absolute atomic E-state index is 0.0393. The summed E-state index contributed by atoms with van der Waals surface area (Å²) in [4.78, 5) is 16.7. The Hall–Kier alpha value is -3.39. The monoisotopic (exact) mass is 408 g/mol. The number of aromatic nitrogens is 3. The van der Waals surface area contributed by atoms with E-state index in [0.717, 1.165) is 24.2 Å². The van der Waals surface area contributed by atoms with E-state index in [-0.39, 0.29) is 12.5 Å². The second-order valence-corrected chi connectivity index (χ2v) is 7.02. The van der Waals surface area contributed by atoms with E-state index < -0.39 is 12.1 Å². The van der Waals surface area contributed by atoms with Gasteiger partial charge in [0, 0.05) is 6.42 Å². The van der Waals surface area contributed by atoms with Crippen molar-refractivity contribution in [2.24, 2.45) is 0 Å². The molecule has 2 heterocycles. The van der Waals surface area contributed by atoms with Crippen molar-refractivity contribution in [3.05, 3.63) is 71.3 Å². The highest BCUT2D eigenvalue weighted by Crippen LogP contribution is 2.37. The predicted octanol–water partition coefficient (Wildman–Crippen LogP) is 2.54. The van der Waals surface area contributed by atoms with Crippen LogP contribution in [0.25, 0.3) is 0 Å². The Morgan fingerprint density at radius 1 is 1.07 bits per heavy atom. The van der Waals surface area contributed by atoms with E-state index in [2.05, 4.69) is 32.6 Å². The molecule has 0 radical (unpaired) electrons. The standard InChI is InChI=1S/C22H24N4O4/c1-28-16-10-9-15(12-17(16)29-2)20-21(30-13-19(27)24-20)22-23-18(25-26-22)11-8-14-6-4-3-5-7-14/h3-7,9-10,12,20-21H,8,11,13H2,1-2H3,(H,24,27)(H,23,25,26)/t20-,21+/m1/s1. The van der Waals surface area contributed by atoms with Gasteiger partial charge in [-0.2, -0.15) is 5.10 Å². The van der Waals surface area contributed by atoms with Crippen molar-refractivity contribution in [1.29, 1.82) is 0 Å². The van der Waals surface area contributed by atoms with Gasteiger partial charge in [-0.15, -0.1) is 0 Å².